The number of hydrogen-bond donors (Lipinski definition) is 2. The van der Waals surface area contributed by atoms with Gasteiger partial charge in [0.1, 0.15) is 0 Å². The van der Waals surface area contributed by atoms with Crippen LogP contribution in [0.15, 0.2) is 51.6 Å². The zero-order chi connectivity index (χ0) is 16.2. The lowest BCUT2D eigenvalue weighted by atomic mass is 10.2. The number of amidine groups is 1. The van der Waals surface area contributed by atoms with Gasteiger partial charge in [-0.2, -0.15) is 5.10 Å². The molecule has 0 unspecified atom stereocenters. The predicted molar refractivity (Wildman–Crippen MR) is 89.2 cm³/mol. The van der Waals surface area contributed by atoms with Gasteiger partial charge in [0, 0.05) is 17.8 Å². The lowest BCUT2D eigenvalue weighted by Gasteiger charge is -1.93. The Hall–Kier alpha value is -2.87. The summed E-state index contributed by atoms with van der Waals surface area (Å²) >= 11 is 1.03. The molecule has 8 heteroatoms. The minimum absolute atomic E-state index is 0.222. The van der Waals surface area contributed by atoms with Crippen LogP contribution >= 0.6 is 11.8 Å². The van der Waals surface area contributed by atoms with Gasteiger partial charge in [-0.1, -0.05) is 6.07 Å². The first kappa shape index (κ1) is 15.0. The number of nitrogens with one attached hydrogen (secondary N) is 2. The number of carbonyl (C=O) groups excluding carboxylic acids is 2. The van der Waals surface area contributed by atoms with E-state index in [0.717, 1.165) is 34.3 Å². The first-order chi connectivity index (χ1) is 11.2. The van der Waals surface area contributed by atoms with E-state index in [-0.39, 0.29) is 4.91 Å². The fourth-order valence-corrected chi connectivity index (χ4v) is 2.68. The highest BCUT2D eigenvalue weighted by Gasteiger charge is 2.24. The van der Waals surface area contributed by atoms with Gasteiger partial charge in [-0.05, 0) is 40.9 Å². The summed E-state index contributed by atoms with van der Waals surface area (Å²) in [7, 11) is 1.25. The Balaban J connectivity index is 1.71. The van der Waals surface area contributed by atoms with Gasteiger partial charge in [0.2, 0.25) is 0 Å². The molecule has 0 spiro atoms. The molecule has 1 aromatic carbocycles. The highest BCUT2D eigenvalue weighted by Crippen LogP contribution is 2.23. The van der Waals surface area contributed by atoms with E-state index in [1.807, 2.05) is 30.5 Å². The van der Waals surface area contributed by atoms with Crippen LogP contribution in [-0.2, 0) is 14.3 Å². The van der Waals surface area contributed by atoms with Crippen molar-refractivity contribution in [2.24, 2.45) is 10.2 Å². The van der Waals surface area contributed by atoms with Crippen LogP contribution in [0.3, 0.4) is 0 Å². The summed E-state index contributed by atoms with van der Waals surface area (Å²) in [6, 6.07) is 7.80. The second-order valence-electron chi connectivity index (χ2n) is 4.56. The van der Waals surface area contributed by atoms with Crippen molar-refractivity contribution < 1.29 is 14.3 Å². The molecule has 0 radical (unpaired) electrons. The van der Waals surface area contributed by atoms with Gasteiger partial charge in [-0.15, -0.1) is 5.10 Å². The van der Waals surface area contributed by atoms with Gasteiger partial charge < -0.3 is 9.72 Å². The van der Waals surface area contributed by atoms with Crippen LogP contribution in [0.2, 0.25) is 0 Å². The normalized spacial score (nSPS) is 18.2. The number of ether oxygens (including phenoxy) is 1. The minimum Gasteiger partial charge on any atom is -0.466 e. The number of hydrogen-bond acceptors (Lipinski definition) is 6. The Morgan fingerprint density at radius 1 is 1.35 bits per heavy atom. The Bertz CT molecular complexity index is 866. The molecule has 2 N–H and O–H groups in total. The zero-order valence-electron chi connectivity index (χ0n) is 12.1. The van der Waals surface area contributed by atoms with Gasteiger partial charge in [0.15, 0.2) is 5.17 Å². The molecule has 0 saturated carbocycles. The van der Waals surface area contributed by atoms with Crippen molar-refractivity contribution in [3.05, 3.63) is 47.0 Å². The van der Waals surface area contributed by atoms with Crippen molar-refractivity contribution in [2.75, 3.05) is 7.11 Å². The maximum atomic E-state index is 11.6. The minimum atomic E-state index is -0.591. The number of thioether (sulfide) groups is 1. The van der Waals surface area contributed by atoms with Crippen molar-refractivity contribution in [3.8, 4) is 0 Å². The molecule has 1 amide bonds. The molecule has 2 heterocycles. The molecule has 1 aliphatic rings. The second-order valence-corrected chi connectivity index (χ2v) is 5.59. The standard InChI is InChI=1S/C15H12N4O3S/c1-22-13(20)7-12-14(21)18-15(23-12)19-17-8-9-2-3-11-10(6-9)4-5-16-11/h2-8,16H,1H3,(H,18,19,21)/b12-7+,17-8?. The Labute approximate surface area is 135 Å². The van der Waals surface area contributed by atoms with E-state index in [2.05, 4.69) is 25.2 Å². The van der Waals surface area contributed by atoms with E-state index in [4.69, 9.17) is 0 Å². The van der Waals surface area contributed by atoms with E-state index in [1.54, 1.807) is 6.21 Å². The Morgan fingerprint density at radius 3 is 3.04 bits per heavy atom. The third-order valence-corrected chi connectivity index (χ3v) is 3.93. The van der Waals surface area contributed by atoms with E-state index < -0.39 is 11.9 Å². The molecule has 1 saturated heterocycles. The van der Waals surface area contributed by atoms with Gasteiger partial charge in [0.05, 0.1) is 18.2 Å². The summed E-state index contributed by atoms with van der Waals surface area (Å²) in [5.74, 6) is -0.990. The van der Waals surface area contributed by atoms with E-state index in [0.29, 0.717) is 5.17 Å². The molecule has 0 atom stereocenters. The summed E-state index contributed by atoms with van der Waals surface area (Å²) < 4.78 is 4.48. The van der Waals surface area contributed by atoms with Crippen LogP contribution in [0.25, 0.3) is 10.9 Å². The molecule has 3 rings (SSSR count). The van der Waals surface area contributed by atoms with E-state index in [9.17, 15) is 9.59 Å². The molecule has 1 aromatic heterocycles. The number of aromatic nitrogens is 1. The van der Waals surface area contributed by atoms with Crippen molar-refractivity contribution in [1.29, 1.82) is 0 Å². The molecule has 116 valence electrons. The molecular weight excluding hydrogens is 316 g/mol. The number of methoxy groups -OCH3 is 1. The number of benzene rings is 1. The SMILES string of the molecule is COC(=O)/C=C1/S/C(=N\N=Cc2ccc3[nH]ccc3c2)NC1=O. The Kier molecular flexibility index (Phi) is 4.24. The molecule has 23 heavy (non-hydrogen) atoms. The van der Waals surface area contributed by atoms with Crippen molar-refractivity contribution in [3.63, 3.8) is 0 Å². The molecule has 1 aliphatic heterocycles. The van der Waals surface area contributed by atoms with Crippen LogP contribution in [0.1, 0.15) is 5.56 Å². The number of amides is 1. The number of fused-ring (bicyclic) bond motifs is 1. The van der Waals surface area contributed by atoms with Crippen molar-refractivity contribution >= 4 is 45.9 Å². The number of nitrogens with zero attached hydrogens (tertiary/aromatic N) is 2. The monoisotopic (exact) mass is 328 g/mol. The largest absolute Gasteiger partial charge is 0.466 e. The van der Waals surface area contributed by atoms with Gasteiger partial charge in [-0.3, -0.25) is 10.1 Å². The van der Waals surface area contributed by atoms with Crippen molar-refractivity contribution in [1.82, 2.24) is 10.3 Å². The number of aromatic amines is 1. The van der Waals surface area contributed by atoms with E-state index >= 15 is 0 Å². The highest BCUT2D eigenvalue weighted by atomic mass is 32.2. The van der Waals surface area contributed by atoms with Crippen LogP contribution in [0, 0.1) is 0 Å². The summed E-state index contributed by atoms with van der Waals surface area (Å²) in [6.07, 6.45) is 4.58. The quantitative estimate of drug-likeness (QED) is 0.388. The van der Waals surface area contributed by atoms with Crippen molar-refractivity contribution in [2.45, 2.75) is 0 Å². The van der Waals surface area contributed by atoms with Crippen LogP contribution in [0.5, 0.6) is 0 Å². The first-order valence-electron chi connectivity index (χ1n) is 6.63. The number of H-pyrrole nitrogens is 1. The fraction of sp³-hybridized carbons (Fsp3) is 0.0667. The topological polar surface area (TPSA) is 95.9 Å². The lowest BCUT2D eigenvalue weighted by Crippen LogP contribution is -2.19. The third-order valence-electron chi connectivity index (χ3n) is 3.03. The average Bonchev–Trinajstić information content (AvgIpc) is 3.14. The maximum absolute atomic E-state index is 11.6. The summed E-state index contributed by atoms with van der Waals surface area (Å²) in [5.41, 5.74) is 1.94. The number of carbonyl (C=O) groups is 2. The summed E-state index contributed by atoms with van der Waals surface area (Å²) in [5, 5.41) is 11.8. The van der Waals surface area contributed by atoms with Crippen LogP contribution in [-0.4, -0.2) is 35.4 Å². The Morgan fingerprint density at radius 2 is 2.22 bits per heavy atom. The third kappa shape index (κ3) is 3.49. The lowest BCUT2D eigenvalue weighted by molar-refractivity contribution is -0.135. The fourth-order valence-electron chi connectivity index (χ4n) is 1.94. The molecule has 7 nitrogen and oxygen atoms in total. The average molecular weight is 328 g/mol. The highest BCUT2D eigenvalue weighted by molar-refractivity contribution is 8.18. The zero-order valence-corrected chi connectivity index (χ0v) is 12.9. The molecule has 1 fully saturated rings. The summed E-state index contributed by atoms with van der Waals surface area (Å²) in [6.45, 7) is 0. The van der Waals surface area contributed by atoms with E-state index in [1.165, 1.54) is 7.11 Å². The van der Waals surface area contributed by atoms with Gasteiger partial charge in [0.25, 0.3) is 5.91 Å². The first-order valence-corrected chi connectivity index (χ1v) is 7.44. The molecule has 0 bridgehead atoms. The van der Waals surface area contributed by atoms with Crippen LogP contribution < -0.4 is 5.32 Å². The summed E-state index contributed by atoms with van der Waals surface area (Å²) in [4.78, 5) is 26.1. The van der Waals surface area contributed by atoms with Crippen LogP contribution in [0.4, 0.5) is 0 Å². The molecular formula is C15H12N4O3S. The van der Waals surface area contributed by atoms with Gasteiger partial charge >= 0.3 is 5.97 Å². The number of rotatable bonds is 3. The molecule has 2 aromatic rings. The second kappa shape index (κ2) is 6.49. The number of esters is 1. The van der Waals surface area contributed by atoms with Gasteiger partial charge in [-0.25, -0.2) is 4.79 Å². The smallest absolute Gasteiger partial charge is 0.331 e. The molecule has 0 aliphatic carbocycles. The maximum Gasteiger partial charge on any atom is 0.331 e. The predicted octanol–water partition coefficient (Wildman–Crippen LogP) is 1.78.